The van der Waals surface area contributed by atoms with Crippen LogP contribution < -0.4 is 10.6 Å². The van der Waals surface area contributed by atoms with E-state index in [2.05, 4.69) is 39.0 Å². The molecule has 0 spiro atoms. The predicted octanol–water partition coefficient (Wildman–Crippen LogP) is 2.28. The number of nitrogens with zero attached hydrogens (tertiary/aromatic N) is 1. The quantitative estimate of drug-likeness (QED) is 0.910. The maximum Gasteiger partial charge on any atom is 0.0755 e. The molecule has 2 fully saturated rings. The maximum atomic E-state index is 5.86. The summed E-state index contributed by atoms with van der Waals surface area (Å²) in [7, 11) is 0. The Morgan fingerprint density at radius 1 is 1.29 bits per heavy atom. The van der Waals surface area contributed by atoms with E-state index in [-0.39, 0.29) is 0 Å². The monoisotopic (exact) mass is 296 g/mol. The van der Waals surface area contributed by atoms with Crippen molar-refractivity contribution in [3.05, 3.63) is 28.2 Å². The van der Waals surface area contributed by atoms with E-state index in [0.29, 0.717) is 18.8 Å². The number of hydrogen-bond acceptors (Lipinski definition) is 3. The third-order valence-corrected chi connectivity index (χ3v) is 4.27. The van der Waals surface area contributed by atoms with Gasteiger partial charge in [0, 0.05) is 24.1 Å². The molecule has 1 aromatic carbocycles. The number of benzene rings is 1. The molecule has 0 amide bonds. The van der Waals surface area contributed by atoms with Gasteiger partial charge >= 0.3 is 0 Å². The van der Waals surface area contributed by atoms with Crippen LogP contribution in [0.3, 0.4) is 0 Å². The highest BCUT2D eigenvalue weighted by Gasteiger charge is 2.34. The molecule has 92 valence electrons. The summed E-state index contributed by atoms with van der Waals surface area (Å²) in [5, 5.41) is 0. The summed E-state index contributed by atoms with van der Waals surface area (Å²) in [6.45, 7) is 2.61. The molecule has 2 bridgehead atoms. The smallest absolute Gasteiger partial charge is 0.0755 e. The molecule has 0 saturated carbocycles. The zero-order valence-electron chi connectivity index (χ0n) is 9.73. The Bertz CT molecular complexity index is 412. The van der Waals surface area contributed by atoms with Gasteiger partial charge in [-0.1, -0.05) is 6.07 Å². The molecule has 2 unspecified atom stereocenters. The van der Waals surface area contributed by atoms with Crippen molar-refractivity contribution >= 4 is 21.6 Å². The lowest BCUT2D eigenvalue weighted by atomic mass is 10.2. The van der Waals surface area contributed by atoms with Crippen molar-refractivity contribution < 1.29 is 4.74 Å². The fourth-order valence-electron chi connectivity index (χ4n) is 2.75. The predicted molar refractivity (Wildman–Crippen MR) is 72.1 cm³/mol. The van der Waals surface area contributed by atoms with Gasteiger partial charge in [-0.25, -0.2) is 0 Å². The van der Waals surface area contributed by atoms with Crippen LogP contribution in [0.4, 0.5) is 5.69 Å². The maximum absolute atomic E-state index is 5.86. The third kappa shape index (κ3) is 2.21. The highest BCUT2D eigenvalue weighted by atomic mass is 79.9. The summed E-state index contributed by atoms with van der Waals surface area (Å²) in [6.07, 6.45) is 3.27. The summed E-state index contributed by atoms with van der Waals surface area (Å²) < 4.78 is 7.00. The van der Waals surface area contributed by atoms with Crippen molar-refractivity contribution in [1.82, 2.24) is 0 Å². The van der Waals surface area contributed by atoms with Crippen LogP contribution in [0.5, 0.6) is 0 Å². The van der Waals surface area contributed by atoms with Crippen LogP contribution in [0.2, 0.25) is 0 Å². The van der Waals surface area contributed by atoms with Crippen molar-refractivity contribution in [1.29, 1.82) is 0 Å². The fourth-order valence-corrected chi connectivity index (χ4v) is 3.42. The van der Waals surface area contributed by atoms with Crippen LogP contribution >= 0.6 is 15.9 Å². The van der Waals surface area contributed by atoms with Gasteiger partial charge in [0.25, 0.3) is 0 Å². The molecular formula is C13H17BrN2O. The lowest BCUT2D eigenvalue weighted by Gasteiger charge is -2.34. The van der Waals surface area contributed by atoms with Crippen molar-refractivity contribution in [2.45, 2.75) is 31.6 Å². The minimum atomic E-state index is 0.426. The van der Waals surface area contributed by atoms with Crippen LogP contribution in [0, 0.1) is 0 Å². The van der Waals surface area contributed by atoms with E-state index < -0.39 is 0 Å². The first-order chi connectivity index (χ1) is 8.26. The zero-order chi connectivity index (χ0) is 11.8. The second-order valence-corrected chi connectivity index (χ2v) is 5.71. The molecule has 0 aliphatic carbocycles. The van der Waals surface area contributed by atoms with Crippen LogP contribution in [-0.4, -0.2) is 25.3 Å². The summed E-state index contributed by atoms with van der Waals surface area (Å²) in [5.41, 5.74) is 8.08. The van der Waals surface area contributed by atoms with E-state index in [1.807, 2.05) is 0 Å². The Morgan fingerprint density at radius 3 is 2.59 bits per heavy atom. The van der Waals surface area contributed by atoms with Gasteiger partial charge in [0.05, 0.1) is 17.9 Å². The molecule has 0 aromatic heterocycles. The Hall–Kier alpha value is -0.580. The molecule has 4 heteroatoms. The van der Waals surface area contributed by atoms with Gasteiger partial charge in [0.2, 0.25) is 0 Å². The zero-order valence-corrected chi connectivity index (χ0v) is 11.3. The van der Waals surface area contributed by atoms with Crippen molar-refractivity contribution in [2.75, 3.05) is 18.0 Å². The van der Waals surface area contributed by atoms with Crippen LogP contribution in [0.1, 0.15) is 18.4 Å². The second kappa shape index (κ2) is 4.59. The van der Waals surface area contributed by atoms with Crippen LogP contribution in [0.15, 0.2) is 22.7 Å². The minimum Gasteiger partial charge on any atom is -0.371 e. The van der Waals surface area contributed by atoms with Gasteiger partial charge in [-0.05, 0) is 46.5 Å². The van der Waals surface area contributed by atoms with Crippen molar-refractivity contribution in [3.63, 3.8) is 0 Å². The first-order valence-corrected chi connectivity index (χ1v) is 6.94. The van der Waals surface area contributed by atoms with Gasteiger partial charge in [0.1, 0.15) is 0 Å². The molecule has 2 heterocycles. The topological polar surface area (TPSA) is 38.5 Å². The molecule has 1 aromatic rings. The highest BCUT2D eigenvalue weighted by molar-refractivity contribution is 9.10. The number of hydrogen-bond donors (Lipinski definition) is 1. The lowest BCUT2D eigenvalue weighted by Crippen LogP contribution is -2.42. The lowest BCUT2D eigenvalue weighted by molar-refractivity contribution is 0.0304. The van der Waals surface area contributed by atoms with Gasteiger partial charge in [0.15, 0.2) is 0 Å². The summed E-state index contributed by atoms with van der Waals surface area (Å²) >= 11 is 3.65. The number of fused-ring (bicyclic) bond motifs is 2. The minimum absolute atomic E-state index is 0.426. The summed E-state index contributed by atoms with van der Waals surface area (Å²) in [5.74, 6) is 0. The standard InChI is InChI=1S/C13H17BrN2O/c14-12-5-9(6-15)1-4-13(12)16-7-10-2-3-11(8-16)17-10/h1,4-5,10-11H,2-3,6-8,15H2. The Morgan fingerprint density at radius 2 is 2.00 bits per heavy atom. The Kier molecular flexibility index (Phi) is 3.11. The first-order valence-electron chi connectivity index (χ1n) is 6.15. The van der Waals surface area contributed by atoms with Gasteiger partial charge in [-0.2, -0.15) is 0 Å². The van der Waals surface area contributed by atoms with Crippen LogP contribution in [-0.2, 0) is 11.3 Å². The molecule has 2 atom stereocenters. The van der Waals surface area contributed by atoms with E-state index in [4.69, 9.17) is 10.5 Å². The number of anilines is 1. The SMILES string of the molecule is NCc1ccc(N2CC3CCC(C2)O3)c(Br)c1. The molecule has 2 aliphatic rings. The van der Waals surface area contributed by atoms with Gasteiger partial charge in [-0.15, -0.1) is 0 Å². The number of ether oxygens (including phenoxy) is 1. The molecule has 17 heavy (non-hydrogen) atoms. The van der Waals surface area contributed by atoms with Gasteiger partial charge in [-0.3, -0.25) is 0 Å². The van der Waals surface area contributed by atoms with Crippen LogP contribution in [0.25, 0.3) is 0 Å². The molecule has 0 radical (unpaired) electrons. The number of rotatable bonds is 2. The van der Waals surface area contributed by atoms with E-state index in [9.17, 15) is 0 Å². The Balaban J connectivity index is 1.84. The molecule has 2 N–H and O–H groups in total. The van der Waals surface area contributed by atoms with Crippen molar-refractivity contribution in [2.24, 2.45) is 5.73 Å². The van der Waals surface area contributed by atoms with E-state index in [1.165, 1.54) is 18.5 Å². The molecule has 2 aliphatic heterocycles. The highest BCUT2D eigenvalue weighted by Crippen LogP contribution is 2.33. The number of halogens is 1. The van der Waals surface area contributed by atoms with E-state index >= 15 is 0 Å². The largest absolute Gasteiger partial charge is 0.371 e. The molecule has 2 saturated heterocycles. The Labute approximate surface area is 110 Å². The first kappa shape index (κ1) is 11.5. The molecular weight excluding hydrogens is 280 g/mol. The molecule has 3 rings (SSSR count). The second-order valence-electron chi connectivity index (χ2n) is 4.85. The summed E-state index contributed by atoms with van der Waals surface area (Å²) in [4.78, 5) is 2.43. The normalized spacial score (nSPS) is 27.5. The van der Waals surface area contributed by atoms with Gasteiger partial charge < -0.3 is 15.4 Å². The van der Waals surface area contributed by atoms with Crippen molar-refractivity contribution in [3.8, 4) is 0 Å². The number of morpholine rings is 1. The van der Waals surface area contributed by atoms with E-state index in [1.54, 1.807) is 0 Å². The van der Waals surface area contributed by atoms with E-state index in [0.717, 1.165) is 23.1 Å². The molecule has 3 nitrogen and oxygen atoms in total. The third-order valence-electron chi connectivity index (χ3n) is 3.63. The summed E-state index contributed by atoms with van der Waals surface area (Å²) in [6, 6.07) is 6.39. The fraction of sp³-hybridized carbons (Fsp3) is 0.538. The number of nitrogens with two attached hydrogens (primary N) is 1. The average molecular weight is 297 g/mol. The average Bonchev–Trinajstić information content (AvgIpc) is 2.68.